The third-order valence-electron chi connectivity index (χ3n) is 9.21. The van der Waals surface area contributed by atoms with Gasteiger partial charge in [-0.2, -0.15) is 0 Å². The second-order valence-corrected chi connectivity index (χ2v) is 12.7. The summed E-state index contributed by atoms with van der Waals surface area (Å²) in [5, 5.41) is 7.45. The van der Waals surface area contributed by atoms with Crippen LogP contribution in [0.3, 0.4) is 0 Å². The van der Waals surface area contributed by atoms with Crippen LogP contribution in [0.2, 0.25) is 0 Å². The molecule has 0 bridgehead atoms. The number of aromatic nitrogens is 1. The summed E-state index contributed by atoms with van der Waals surface area (Å²) in [5.74, 6) is 0. The highest BCUT2D eigenvalue weighted by molar-refractivity contribution is 7.26. The smallest absolute Gasteiger partial charge is 0.161 e. The van der Waals surface area contributed by atoms with Crippen molar-refractivity contribution >= 4 is 75.3 Å². The molecular formula is C42H25NOS. The van der Waals surface area contributed by atoms with Crippen molar-refractivity contribution in [2.24, 2.45) is 0 Å². The van der Waals surface area contributed by atoms with Gasteiger partial charge in [0.15, 0.2) is 5.58 Å². The van der Waals surface area contributed by atoms with E-state index < -0.39 is 0 Å². The summed E-state index contributed by atoms with van der Waals surface area (Å²) in [7, 11) is 0. The first kappa shape index (κ1) is 24.8. The number of fused-ring (bicyclic) bond motifs is 10. The van der Waals surface area contributed by atoms with E-state index in [1.807, 2.05) is 11.3 Å². The fourth-order valence-corrected chi connectivity index (χ4v) is 8.54. The molecule has 0 unspecified atom stereocenters. The maximum Gasteiger partial charge on any atom is 0.161 e. The summed E-state index contributed by atoms with van der Waals surface area (Å²) >= 11 is 1.89. The van der Waals surface area contributed by atoms with Crippen LogP contribution in [0.4, 0.5) is 0 Å². The number of nitrogens with zero attached hydrogens (tertiary/aromatic N) is 1. The van der Waals surface area contributed by atoms with Crippen LogP contribution in [0, 0.1) is 0 Å². The average molecular weight is 592 g/mol. The van der Waals surface area contributed by atoms with Gasteiger partial charge < -0.3 is 8.98 Å². The normalized spacial score (nSPS) is 12.0. The standard InChI is InChI=1S/C42H25NOS/c1-2-13-27(14-3-1)43-36-22-9-8-18-33(36)41-39(43)35-21-10-20-32(40(35)44-41)30-17-7-6-16-29(30)31-19-11-23-37-38(31)34-25-24-26-12-4-5-15-28(26)42(34)45-37/h1-25H. The Morgan fingerprint density at radius 2 is 1.11 bits per heavy atom. The number of thiophene rings is 1. The molecule has 210 valence electrons. The van der Waals surface area contributed by atoms with Gasteiger partial charge in [0.25, 0.3) is 0 Å². The highest BCUT2D eigenvalue weighted by Crippen LogP contribution is 2.47. The summed E-state index contributed by atoms with van der Waals surface area (Å²) in [6.45, 7) is 0. The van der Waals surface area contributed by atoms with Gasteiger partial charge in [-0.1, -0.05) is 115 Å². The van der Waals surface area contributed by atoms with Crippen molar-refractivity contribution in [2.45, 2.75) is 0 Å². The van der Waals surface area contributed by atoms with Gasteiger partial charge in [0.2, 0.25) is 0 Å². The van der Waals surface area contributed by atoms with Crippen molar-refractivity contribution in [3.05, 3.63) is 152 Å². The molecular weight excluding hydrogens is 567 g/mol. The van der Waals surface area contributed by atoms with Crippen LogP contribution in [0.5, 0.6) is 0 Å². The van der Waals surface area contributed by atoms with Crippen LogP contribution in [-0.4, -0.2) is 4.57 Å². The third-order valence-corrected chi connectivity index (χ3v) is 10.4. The molecule has 0 atom stereocenters. The van der Waals surface area contributed by atoms with E-state index in [1.165, 1.54) is 47.6 Å². The second-order valence-electron chi connectivity index (χ2n) is 11.6. The number of para-hydroxylation sites is 3. The molecule has 10 rings (SSSR count). The first-order valence-electron chi connectivity index (χ1n) is 15.3. The Morgan fingerprint density at radius 3 is 2.00 bits per heavy atom. The lowest BCUT2D eigenvalue weighted by Gasteiger charge is -2.13. The quantitative estimate of drug-likeness (QED) is 0.200. The predicted octanol–water partition coefficient (Wildman–Crippen LogP) is 12.4. The first-order valence-corrected chi connectivity index (χ1v) is 16.1. The zero-order chi connectivity index (χ0) is 29.5. The van der Waals surface area contributed by atoms with Gasteiger partial charge in [0, 0.05) is 42.2 Å². The number of hydrogen-bond acceptors (Lipinski definition) is 2. The van der Waals surface area contributed by atoms with Crippen LogP contribution in [0.25, 0.3) is 91.9 Å². The summed E-state index contributed by atoms with van der Waals surface area (Å²) in [4.78, 5) is 0. The summed E-state index contributed by atoms with van der Waals surface area (Å²) in [5.41, 5.74) is 9.94. The third kappa shape index (κ3) is 3.50. The summed E-state index contributed by atoms with van der Waals surface area (Å²) in [6, 6.07) is 54.5. The van der Waals surface area contributed by atoms with Crippen molar-refractivity contribution in [1.82, 2.24) is 4.57 Å². The van der Waals surface area contributed by atoms with Gasteiger partial charge in [-0.05, 0) is 63.9 Å². The van der Waals surface area contributed by atoms with Crippen LogP contribution in [0.15, 0.2) is 156 Å². The van der Waals surface area contributed by atoms with Gasteiger partial charge in [0.1, 0.15) is 11.1 Å². The topological polar surface area (TPSA) is 18.1 Å². The Kier molecular flexibility index (Phi) is 5.19. The summed E-state index contributed by atoms with van der Waals surface area (Å²) in [6.07, 6.45) is 0. The maximum absolute atomic E-state index is 6.92. The minimum atomic E-state index is 0.915. The molecule has 0 aliphatic rings. The summed E-state index contributed by atoms with van der Waals surface area (Å²) < 4.78 is 11.9. The lowest BCUT2D eigenvalue weighted by atomic mass is 9.91. The molecule has 3 aromatic heterocycles. The number of furan rings is 1. The molecule has 0 radical (unpaired) electrons. The van der Waals surface area contributed by atoms with Gasteiger partial charge in [-0.3, -0.25) is 0 Å². The Labute approximate surface area is 263 Å². The van der Waals surface area contributed by atoms with Gasteiger partial charge in [-0.25, -0.2) is 0 Å². The van der Waals surface area contributed by atoms with Gasteiger partial charge in [0.05, 0.1) is 5.52 Å². The second kappa shape index (κ2) is 9.43. The first-order chi connectivity index (χ1) is 22.3. The van der Waals surface area contributed by atoms with Gasteiger partial charge >= 0.3 is 0 Å². The van der Waals surface area contributed by atoms with E-state index in [1.54, 1.807) is 0 Å². The molecule has 10 aromatic rings. The minimum absolute atomic E-state index is 0.915. The van der Waals surface area contributed by atoms with Crippen LogP contribution in [0.1, 0.15) is 0 Å². The van der Waals surface area contributed by atoms with E-state index in [0.717, 1.165) is 44.2 Å². The molecule has 3 heteroatoms. The van der Waals surface area contributed by atoms with Gasteiger partial charge in [-0.15, -0.1) is 11.3 Å². The Morgan fingerprint density at radius 1 is 0.444 bits per heavy atom. The molecule has 45 heavy (non-hydrogen) atoms. The van der Waals surface area contributed by atoms with E-state index in [2.05, 4.69) is 156 Å². The molecule has 0 N–H and O–H groups in total. The number of benzene rings is 7. The lowest BCUT2D eigenvalue weighted by molar-refractivity contribution is 0.674. The predicted molar refractivity (Wildman–Crippen MR) is 192 cm³/mol. The van der Waals surface area contributed by atoms with E-state index >= 15 is 0 Å². The highest BCUT2D eigenvalue weighted by Gasteiger charge is 2.22. The number of rotatable bonds is 3. The molecule has 0 spiro atoms. The molecule has 0 aliphatic heterocycles. The highest BCUT2D eigenvalue weighted by atomic mass is 32.1. The molecule has 3 heterocycles. The molecule has 0 amide bonds. The van der Waals surface area contributed by atoms with Crippen molar-refractivity contribution in [2.75, 3.05) is 0 Å². The van der Waals surface area contributed by atoms with Crippen LogP contribution >= 0.6 is 11.3 Å². The molecule has 2 nitrogen and oxygen atoms in total. The fraction of sp³-hybridized carbons (Fsp3) is 0. The SMILES string of the molecule is c1ccc(-n2c3ccccc3c3oc4c(-c5ccccc5-c5cccc6sc7c8ccccc8ccc7c56)cccc4c32)cc1. The Bertz CT molecular complexity index is 2760. The Balaban J connectivity index is 1.27. The van der Waals surface area contributed by atoms with Crippen molar-refractivity contribution in [3.8, 4) is 27.9 Å². The van der Waals surface area contributed by atoms with E-state index in [0.29, 0.717) is 0 Å². The van der Waals surface area contributed by atoms with Crippen LogP contribution in [-0.2, 0) is 0 Å². The van der Waals surface area contributed by atoms with E-state index in [-0.39, 0.29) is 0 Å². The average Bonchev–Trinajstić information content (AvgIpc) is 3.78. The van der Waals surface area contributed by atoms with E-state index in [4.69, 9.17) is 4.42 Å². The van der Waals surface area contributed by atoms with Crippen molar-refractivity contribution in [1.29, 1.82) is 0 Å². The number of hydrogen-bond donors (Lipinski definition) is 0. The Hall–Kier alpha value is -5.64. The maximum atomic E-state index is 6.92. The molecule has 0 saturated heterocycles. The van der Waals surface area contributed by atoms with Crippen molar-refractivity contribution in [3.63, 3.8) is 0 Å². The molecule has 0 fully saturated rings. The van der Waals surface area contributed by atoms with Crippen LogP contribution < -0.4 is 0 Å². The minimum Gasteiger partial charge on any atom is -0.453 e. The monoisotopic (exact) mass is 591 g/mol. The van der Waals surface area contributed by atoms with E-state index in [9.17, 15) is 0 Å². The molecule has 0 saturated carbocycles. The molecule has 0 aliphatic carbocycles. The largest absolute Gasteiger partial charge is 0.453 e. The lowest BCUT2D eigenvalue weighted by Crippen LogP contribution is -1.93. The fourth-order valence-electron chi connectivity index (χ4n) is 7.28. The van der Waals surface area contributed by atoms with Crippen molar-refractivity contribution < 1.29 is 4.42 Å². The molecule has 7 aromatic carbocycles. The zero-order valence-corrected chi connectivity index (χ0v) is 25.0. The zero-order valence-electron chi connectivity index (χ0n) is 24.2.